The lowest BCUT2D eigenvalue weighted by atomic mass is 10.1. The molecule has 2 amide bonds. The van der Waals surface area contributed by atoms with Crippen LogP contribution in [0.25, 0.3) is 0 Å². The smallest absolute Gasteiger partial charge is 0.257 e. The number of nitrogens with one attached hydrogen (secondary N) is 1. The first kappa shape index (κ1) is 22.5. The Kier molecular flexibility index (Phi) is 6.46. The van der Waals surface area contributed by atoms with Crippen LogP contribution >= 0.6 is 0 Å². The molecule has 0 saturated carbocycles. The predicted molar refractivity (Wildman–Crippen MR) is 130 cm³/mol. The zero-order valence-corrected chi connectivity index (χ0v) is 19.1. The second kappa shape index (κ2) is 9.46. The van der Waals surface area contributed by atoms with Crippen LogP contribution in [0.3, 0.4) is 0 Å². The highest BCUT2D eigenvalue weighted by atomic mass is 32.2. The maximum Gasteiger partial charge on any atom is 0.257 e. The third-order valence-electron chi connectivity index (χ3n) is 5.50. The number of anilines is 3. The summed E-state index contributed by atoms with van der Waals surface area (Å²) in [5.41, 5.74) is 2.71. The van der Waals surface area contributed by atoms with Gasteiger partial charge >= 0.3 is 0 Å². The van der Waals surface area contributed by atoms with E-state index in [9.17, 15) is 18.0 Å². The molecule has 3 aromatic carbocycles. The van der Waals surface area contributed by atoms with Crippen molar-refractivity contribution in [1.82, 2.24) is 0 Å². The topological polar surface area (TPSA) is 86.8 Å². The quantitative estimate of drug-likeness (QED) is 0.573. The van der Waals surface area contributed by atoms with Crippen LogP contribution < -0.4 is 14.5 Å². The van der Waals surface area contributed by atoms with Crippen LogP contribution in [0.15, 0.2) is 78.9 Å². The average Bonchev–Trinajstić information content (AvgIpc) is 3.24. The van der Waals surface area contributed by atoms with Gasteiger partial charge in [0.25, 0.3) is 5.91 Å². The Morgan fingerprint density at radius 2 is 1.64 bits per heavy atom. The Hall–Kier alpha value is -3.65. The Morgan fingerprint density at radius 1 is 0.970 bits per heavy atom. The molecule has 0 unspecified atom stereocenters. The van der Waals surface area contributed by atoms with Crippen LogP contribution in [0.2, 0.25) is 0 Å². The third-order valence-corrected chi connectivity index (χ3v) is 6.62. The van der Waals surface area contributed by atoms with E-state index < -0.39 is 15.9 Å². The minimum absolute atomic E-state index is 0.0972. The normalized spacial score (nSPS) is 13.7. The van der Waals surface area contributed by atoms with Crippen LogP contribution in [0.4, 0.5) is 17.1 Å². The second-order valence-corrected chi connectivity index (χ2v) is 9.83. The molecule has 0 radical (unpaired) electrons. The van der Waals surface area contributed by atoms with E-state index in [4.69, 9.17) is 0 Å². The number of carbonyl (C=O) groups excluding carboxylic acids is 2. The molecule has 8 heteroatoms. The summed E-state index contributed by atoms with van der Waals surface area (Å²) in [5, 5.41) is 2.83. The largest absolute Gasteiger partial charge is 0.322 e. The number of hydrogen-bond donors (Lipinski definition) is 1. The number of amides is 2. The molecule has 0 aliphatic carbocycles. The molecule has 1 saturated heterocycles. The van der Waals surface area contributed by atoms with Gasteiger partial charge in [-0.2, -0.15) is 0 Å². The lowest BCUT2D eigenvalue weighted by molar-refractivity contribution is -0.117. The van der Waals surface area contributed by atoms with Crippen molar-refractivity contribution >= 4 is 38.9 Å². The van der Waals surface area contributed by atoms with Crippen molar-refractivity contribution in [2.45, 2.75) is 19.4 Å². The van der Waals surface area contributed by atoms with Crippen molar-refractivity contribution in [3.63, 3.8) is 0 Å². The van der Waals surface area contributed by atoms with Gasteiger partial charge in [0, 0.05) is 24.3 Å². The summed E-state index contributed by atoms with van der Waals surface area (Å²) in [6, 6.07) is 22.9. The van der Waals surface area contributed by atoms with Gasteiger partial charge < -0.3 is 10.2 Å². The van der Waals surface area contributed by atoms with Gasteiger partial charge in [-0.15, -0.1) is 0 Å². The molecule has 170 valence electrons. The van der Waals surface area contributed by atoms with Crippen molar-refractivity contribution in [3.05, 3.63) is 90.0 Å². The van der Waals surface area contributed by atoms with Crippen molar-refractivity contribution in [2.75, 3.05) is 27.3 Å². The molecule has 1 fully saturated rings. The molecule has 1 aliphatic heterocycles. The van der Waals surface area contributed by atoms with Crippen LogP contribution in [-0.2, 0) is 21.4 Å². The number of hydrogen-bond acceptors (Lipinski definition) is 4. The van der Waals surface area contributed by atoms with Crippen LogP contribution in [0, 0.1) is 0 Å². The molecular formula is C25H25N3O4S. The highest BCUT2D eigenvalue weighted by molar-refractivity contribution is 7.92. The molecule has 7 nitrogen and oxygen atoms in total. The first-order valence-corrected chi connectivity index (χ1v) is 12.5. The van der Waals surface area contributed by atoms with Gasteiger partial charge in [0.1, 0.15) is 0 Å². The maximum absolute atomic E-state index is 13.1. The van der Waals surface area contributed by atoms with Crippen LogP contribution in [0.5, 0.6) is 0 Å². The molecule has 4 rings (SSSR count). The van der Waals surface area contributed by atoms with Gasteiger partial charge in [-0.3, -0.25) is 13.9 Å². The molecular weight excluding hydrogens is 438 g/mol. The maximum atomic E-state index is 13.1. The number of rotatable bonds is 7. The minimum atomic E-state index is -3.65. The van der Waals surface area contributed by atoms with Gasteiger partial charge in [0.05, 0.1) is 24.1 Å². The van der Waals surface area contributed by atoms with E-state index in [1.54, 1.807) is 53.4 Å². The Bertz CT molecular complexity index is 1260. The summed E-state index contributed by atoms with van der Waals surface area (Å²) >= 11 is 0. The second-order valence-electron chi connectivity index (χ2n) is 7.92. The highest BCUT2D eigenvalue weighted by Crippen LogP contribution is 2.27. The van der Waals surface area contributed by atoms with Gasteiger partial charge in [-0.25, -0.2) is 8.42 Å². The van der Waals surface area contributed by atoms with E-state index in [1.807, 2.05) is 30.3 Å². The molecule has 1 heterocycles. The lowest BCUT2D eigenvalue weighted by Crippen LogP contribution is -2.31. The zero-order chi connectivity index (χ0) is 23.4. The average molecular weight is 464 g/mol. The number of carbonyl (C=O) groups is 2. The number of nitrogens with zero attached hydrogens (tertiary/aromatic N) is 2. The zero-order valence-electron chi connectivity index (χ0n) is 18.3. The number of benzene rings is 3. The third kappa shape index (κ3) is 5.23. The monoisotopic (exact) mass is 463 g/mol. The van der Waals surface area contributed by atoms with Crippen LogP contribution in [0.1, 0.15) is 28.8 Å². The molecule has 33 heavy (non-hydrogen) atoms. The number of sulfonamides is 1. The van der Waals surface area contributed by atoms with Gasteiger partial charge in [0.2, 0.25) is 15.9 Å². The Balaban J connectivity index is 1.58. The van der Waals surface area contributed by atoms with Crippen molar-refractivity contribution in [2.24, 2.45) is 0 Å². The van der Waals surface area contributed by atoms with E-state index in [1.165, 1.54) is 4.31 Å². The van der Waals surface area contributed by atoms with Crippen LogP contribution in [-0.4, -0.2) is 33.0 Å². The van der Waals surface area contributed by atoms with E-state index in [2.05, 4.69) is 5.32 Å². The molecule has 1 N–H and O–H groups in total. The molecule has 0 spiro atoms. The molecule has 3 aromatic rings. The predicted octanol–water partition coefficient (Wildman–Crippen LogP) is 4.03. The molecule has 0 aromatic heterocycles. The standard InChI is InChI=1S/C25H25N3O4S/c1-33(31,32)28(18-19-8-3-2-4-9-19)23-11-6-5-10-22(23)25(30)26-20-13-15-21(16-14-20)27-17-7-12-24(27)29/h2-6,8-11,13-16H,7,12,17-18H2,1H3,(H,26,30). The lowest BCUT2D eigenvalue weighted by Gasteiger charge is -2.25. The fourth-order valence-corrected chi connectivity index (χ4v) is 4.76. The SMILES string of the molecule is CS(=O)(=O)N(Cc1ccccc1)c1ccccc1C(=O)Nc1ccc(N2CCCC2=O)cc1. The summed E-state index contributed by atoms with van der Waals surface area (Å²) in [4.78, 5) is 26.8. The summed E-state index contributed by atoms with van der Waals surface area (Å²) in [5.74, 6) is -0.322. The summed E-state index contributed by atoms with van der Waals surface area (Å²) in [6.07, 6.45) is 2.52. The Morgan fingerprint density at radius 3 is 2.27 bits per heavy atom. The van der Waals surface area contributed by atoms with E-state index in [-0.39, 0.29) is 18.0 Å². The number of para-hydroxylation sites is 1. The van der Waals surface area contributed by atoms with E-state index >= 15 is 0 Å². The molecule has 1 aliphatic rings. The van der Waals surface area contributed by atoms with Gasteiger partial charge in [0.15, 0.2) is 0 Å². The first-order valence-electron chi connectivity index (χ1n) is 10.7. The summed E-state index contributed by atoms with van der Waals surface area (Å²) in [7, 11) is -3.65. The summed E-state index contributed by atoms with van der Waals surface area (Å²) in [6.45, 7) is 0.809. The first-order chi connectivity index (χ1) is 15.8. The fraction of sp³-hybridized carbons (Fsp3) is 0.200. The van der Waals surface area contributed by atoms with Crippen molar-refractivity contribution in [3.8, 4) is 0 Å². The van der Waals surface area contributed by atoms with Crippen molar-refractivity contribution < 1.29 is 18.0 Å². The van der Waals surface area contributed by atoms with E-state index in [0.717, 1.165) is 23.9 Å². The fourth-order valence-electron chi connectivity index (χ4n) is 3.86. The van der Waals surface area contributed by atoms with Gasteiger partial charge in [-0.1, -0.05) is 42.5 Å². The van der Waals surface area contributed by atoms with E-state index in [0.29, 0.717) is 24.3 Å². The summed E-state index contributed by atoms with van der Waals surface area (Å²) < 4.78 is 26.5. The minimum Gasteiger partial charge on any atom is -0.322 e. The molecule has 0 bridgehead atoms. The molecule has 0 atom stereocenters. The Labute approximate surface area is 193 Å². The van der Waals surface area contributed by atoms with Gasteiger partial charge in [-0.05, 0) is 48.4 Å². The highest BCUT2D eigenvalue weighted by Gasteiger charge is 2.24. The van der Waals surface area contributed by atoms with Crippen molar-refractivity contribution in [1.29, 1.82) is 0 Å².